The molecule has 25 heteroatoms. The number of ether oxygens (including phenoxy) is 10. The van der Waals surface area contributed by atoms with E-state index in [0.29, 0.717) is 0 Å². The van der Waals surface area contributed by atoms with E-state index in [1.807, 2.05) is 0 Å². The summed E-state index contributed by atoms with van der Waals surface area (Å²) in [5, 5.41) is 22.6. The van der Waals surface area contributed by atoms with E-state index in [-0.39, 0.29) is 28.1 Å². The van der Waals surface area contributed by atoms with E-state index in [2.05, 4.69) is 0 Å². The summed E-state index contributed by atoms with van der Waals surface area (Å²) in [6.07, 6.45) is -25.6. The number of aliphatic hydroxyl groups excluding tert-OH is 2. The first-order chi connectivity index (χ1) is 26.1. The Labute approximate surface area is 339 Å². The van der Waals surface area contributed by atoms with E-state index in [0.717, 1.165) is 48.5 Å². The smallest absolute Gasteiger partial charge is 0.746 e. The van der Waals surface area contributed by atoms with Gasteiger partial charge in [-0.3, -0.25) is 42.7 Å². The van der Waals surface area contributed by atoms with E-state index >= 15 is 0 Å². The van der Waals surface area contributed by atoms with Gasteiger partial charge in [0, 0.05) is 48.5 Å². The minimum Gasteiger partial charge on any atom is -0.746 e. The molecule has 2 aliphatic heterocycles. The Kier molecular flexibility index (Phi) is 18.7. The second kappa shape index (κ2) is 21.7. The number of benzene rings is 1. The Bertz CT molecular complexity index is 1640. The topological polar surface area (TPSA) is 311 Å². The van der Waals surface area contributed by atoms with Gasteiger partial charge in [-0.25, -0.2) is 0 Å². The van der Waals surface area contributed by atoms with Crippen LogP contribution in [0.1, 0.15) is 48.5 Å². The second-order valence-corrected chi connectivity index (χ2v) is 13.2. The number of rotatable bonds is 15. The number of esters is 7. The molecule has 2 N–H and O–H groups in total. The molecule has 1 aromatic rings. The quantitative estimate of drug-likeness (QED) is 0.0686. The van der Waals surface area contributed by atoms with Crippen LogP contribution < -0.4 is 9.42 Å². The van der Waals surface area contributed by atoms with Gasteiger partial charge in [0.15, 0.2) is 55.3 Å². The average Bonchev–Trinajstić information content (AvgIpc) is 3.04. The Morgan fingerprint density at radius 1 is 0.561 bits per heavy atom. The summed E-state index contributed by atoms with van der Waals surface area (Å²) < 4.78 is 76.0. The molecule has 322 valence electrons. The van der Waals surface area contributed by atoms with Gasteiger partial charge in [-0.05, 0) is 12.1 Å². The van der Waals surface area contributed by atoms with Crippen LogP contribution in [-0.2, 0) is 112 Å². The van der Waals surface area contributed by atoms with Crippen molar-refractivity contribution in [2.75, 3.05) is 0 Å². The van der Waals surface area contributed by atoms with Crippen LogP contribution in [0.5, 0.6) is 5.75 Å². The second-order valence-electron chi connectivity index (χ2n) is 11.9. The minimum atomic E-state index is -5.52. The van der Waals surface area contributed by atoms with Crippen LogP contribution in [0.2, 0.25) is 0 Å². The maximum absolute atomic E-state index is 12.8. The first-order valence-corrected chi connectivity index (χ1v) is 17.8. The summed E-state index contributed by atoms with van der Waals surface area (Å²) in [5.74, 6) is -7.76. The molecule has 0 spiro atoms. The number of phosphoric ester groups is 1. The van der Waals surface area contributed by atoms with Crippen molar-refractivity contribution in [1.29, 1.82) is 0 Å². The predicted octanol–water partition coefficient (Wildman–Crippen LogP) is -1.20. The standard InChI is InChI=1S/C32H41O23P.Ag/c1-13(33)44-21-23(46-15(3)35)27(48-17(5)37)31(50-19(7)39)51-25(21)29(40)53-32-28(49-18(6)38)24(47-16(4)36)22(45-14(2)34)26(52-32)30(41)55-56(42,43)54-20-11-9-8-10-12-20;/h8-12,21-32,40-41H,1-7H3,(H,42,43);/q;+1/p-1/t21-,22-,23-,24-,25-,26-,27+,28+,29?,30?,31+,32-;/m0./s1. The van der Waals surface area contributed by atoms with Crippen LogP contribution in [0.25, 0.3) is 0 Å². The van der Waals surface area contributed by atoms with Crippen molar-refractivity contribution >= 4 is 49.6 Å². The maximum atomic E-state index is 12.8. The largest absolute Gasteiger partial charge is 1.00 e. The van der Waals surface area contributed by atoms with E-state index in [4.69, 9.17) is 56.4 Å². The van der Waals surface area contributed by atoms with Gasteiger partial charge in [-0.1, -0.05) is 18.2 Å². The van der Waals surface area contributed by atoms with Crippen molar-refractivity contribution in [1.82, 2.24) is 0 Å². The third kappa shape index (κ3) is 14.7. The molecule has 23 nitrogen and oxygen atoms in total. The minimum absolute atomic E-state index is 0. The first kappa shape index (κ1) is 49.1. The van der Waals surface area contributed by atoms with Crippen molar-refractivity contribution in [3.8, 4) is 5.75 Å². The monoisotopic (exact) mass is 930 g/mol. The van der Waals surface area contributed by atoms with Gasteiger partial charge >= 0.3 is 72.0 Å². The number of carbonyl (C=O) groups is 7. The summed E-state index contributed by atoms with van der Waals surface area (Å²) in [7, 11) is -5.52. The molecule has 3 unspecified atom stereocenters. The van der Waals surface area contributed by atoms with E-state index in [9.17, 15) is 53.2 Å². The molecule has 2 aliphatic rings. The van der Waals surface area contributed by atoms with Gasteiger partial charge in [0.1, 0.15) is 5.75 Å². The Morgan fingerprint density at radius 2 is 0.912 bits per heavy atom. The molecule has 2 fully saturated rings. The van der Waals surface area contributed by atoms with E-state index < -0.39 is 124 Å². The summed E-state index contributed by atoms with van der Waals surface area (Å²) >= 11 is 0. The predicted molar refractivity (Wildman–Crippen MR) is 171 cm³/mol. The maximum Gasteiger partial charge on any atom is 1.00 e. The van der Waals surface area contributed by atoms with Crippen molar-refractivity contribution < 1.29 is 132 Å². The molecule has 0 amide bonds. The van der Waals surface area contributed by atoms with Gasteiger partial charge in [-0.15, -0.1) is 0 Å². The normalized spacial score (nSPS) is 28.9. The first-order valence-electron chi connectivity index (χ1n) is 16.4. The molecule has 0 saturated carbocycles. The molecule has 57 heavy (non-hydrogen) atoms. The fraction of sp³-hybridized carbons (Fsp3) is 0.594. The molecule has 0 aliphatic carbocycles. The number of hydrogen-bond donors (Lipinski definition) is 2. The van der Waals surface area contributed by atoms with Crippen LogP contribution in [0.4, 0.5) is 0 Å². The number of aliphatic hydroxyl groups is 2. The molecular formula is C32H40AgO23P. The Hall–Kier alpha value is -4.00. The molecule has 2 heterocycles. The average molecular weight is 931 g/mol. The summed E-state index contributed by atoms with van der Waals surface area (Å²) in [6.45, 7) is 6.30. The Morgan fingerprint density at radius 3 is 1.33 bits per heavy atom. The molecule has 2 saturated heterocycles. The zero-order valence-electron chi connectivity index (χ0n) is 31.0. The fourth-order valence-electron chi connectivity index (χ4n) is 5.47. The number of phosphoric acid groups is 1. The molecule has 0 aromatic heterocycles. The number of para-hydroxylation sites is 1. The van der Waals surface area contributed by atoms with Gasteiger partial charge < -0.3 is 67.0 Å². The molecular weight excluding hydrogens is 891 g/mol. The van der Waals surface area contributed by atoms with Crippen LogP contribution in [0.3, 0.4) is 0 Å². The summed E-state index contributed by atoms with van der Waals surface area (Å²) in [4.78, 5) is 98.3. The third-order valence-electron chi connectivity index (χ3n) is 7.19. The van der Waals surface area contributed by atoms with Crippen LogP contribution in [-0.4, -0.2) is 126 Å². The molecule has 1 aromatic carbocycles. The van der Waals surface area contributed by atoms with Gasteiger partial charge in [0.05, 0.1) is 0 Å². The van der Waals surface area contributed by atoms with Crippen molar-refractivity contribution in [3.63, 3.8) is 0 Å². The zero-order valence-corrected chi connectivity index (χ0v) is 33.4. The molecule has 0 bridgehead atoms. The SMILES string of the molecule is CC(=O)O[C@@H]1O[C@H](C(O)O[C@@H]2O[C@H](C(O)OP(=O)([O-])Oc3ccccc3)[C@@H](OC(C)=O)[C@H](OC(C)=O)[C@H]2OC(C)=O)[C@@H](OC(C)=O)[C@H](OC(C)=O)[C@H]1OC(C)=O.[Ag+]. The third-order valence-corrected chi connectivity index (χ3v) is 8.10. The molecule has 3 rings (SSSR count). The molecule has 13 atom stereocenters. The van der Waals surface area contributed by atoms with Gasteiger partial charge in [-0.2, -0.15) is 0 Å². The number of hydrogen-bond acceptors (Lipinski definition) is 23. The zero-order chi connectivity index (χ0) is 42.1. The van der Waals surface area contributed by atoms with Gasteiger partial charge in [0.2, 0.25) is 18.7 Å². The van der Waals surface area contributed by atoms with Crippen LogP contribution in [0, 0.1) is 0 Å². The van der Waals surface area contributed by atoms with Gasteiger partial charge in [0.25, 0.3) is 0 Å². The van der Waals surface area contributed by atoms with Crippen molar-refractivity contribution in [2.24, 2.45) is 0 Å². The molecule has 0 radical (unpaired) electrons. The summed E-state index contributed by atoms with van der Waals surface area (Å²) in [6, 6.07) is 6.83. The Balaban J connectivity index is 0.0000112. The number of carbonyl (C=O) groups excluding carboxylic acids is 7. The van der Waals surface area contributed by atoms with Crippen LogP contribution >= 0.6 is 7.82 Å². The van der Waals surface area contributed by atoms with Crippen molar-refractivity contribution in [2.45, 2.75) is 122 Å². The van der Waals surface area contributed by atoms with Crippen molar-refractivity contribution in [3.05, 3.63) is 30.3 Å². The van der Waals surface area contributed by atoms with E-state index in [1.165, 1.54) is 24.3 Å². The van der Waals surface area contributed by atoms with Crippen LogP contribution in [0.15, 0.2) is 30.3 Å². The summed E-state index contributed by atoms with van der Waals surface area (Å²) in [5.41, 5.74) is 0. The fourth-order valence-corrected chi connectivity index (χ4v) is 6.28. The van der Waals surface area contributed by atoms with E-state index in [1.54, 1.807) is 6.07 Å².